The minimum atomic E-state index is 0.167. The standard InChI is InChI=1S/C12H9NO3/c13-5-11-12(15-7-8-6-14-8)9-3-1-2-4-10(9)16-11/h1-4,8H,6-7H2. The Morgan fingerprint density at radius 3 is 3.00 bits per heavy atom. The van der Waals surface area contributed by atoms with E-state index in [1.165, 1.54) is 0 Å². The van der Waals surface area contributed by atoms with Crippen LogP contribution in [0.4, 0.5) is 0 Å². The Morgan fingerprint density at radius 1 is 1.44 bits per heavy atom. The van der Waals surface area contributed by atoms with E-state index >= 15 is 0 Å². The normalized spacial score (nSPS) is 18.3. The van der Waals surface area contributed by atoms with Gasteiger partial charge in [0.15, 0.2) is 5.75 Å². The van der Waals surface area contributed by atoms with Crippen LogP contribution in [0.1, 0.15) is 5.76 Å². The highest BCUT2D eigenvalue weighted by Gasteiger charge is 2.25. The fourth-order valence-corrected chi connectivity index (χ4v) is 1.58. The maximum absolute atomic E-state index is 8.95. The molecule has 0 radical (unpaired) electrons. The zero-order chi connectivity index (χ0) is 11.0. The van der Waals surface area contributed by atoms with Crippen LogP contribution in [-0.4, -0.2) is 19.3 Å². The lowest BCUT2D eigenvalue weighted by Gasteiger charge is -2.00. The van der Waals surface area contributed by atoms with Crippen molar-refractivity contribution in [2.24, 2.45) is 0 Å². The molecule has 1 fully saturated rings. The number of para-hydroxylation sites is 1. The van der Waals surface area contributed by atoms with Crippen LogP contribution in [0.25, 0.3) is 11.0 Å². The molecule has 0 aliphatic carbocycles. The van der Waals surface area contributed by atoms with Crippen molar-refractivity contribution in [3.8, 4) is 11.8 Å². The number of fused-ring (bicyclic) bond motifs is 1. The number of ether oxygens (including phenoxy) is 2. The van der Waals surface area contributed by atoms with Gasteiger partial charge >= 0.3 is 0 Å². The van der Waals surface area contributed by atoms with Crippen LogP contribution < -0.4 is 4.74 Å². The first-order valence-electron chi connectivity index (χ1n) is 5.04. The van der Waals surface area contributed by atoms with E-state index in [-0.39, 0.29) is 11.9 Å². The number of hydrogen-bond acceptors (Lipinski definition) is 4. The Kier molecular flexibility index (Phi) is 2.05. The molecule has 0 bridgehead atoms. The molecular weight excluding hydrogens is 206 g/mol. The van der Waals surface area contributed by atoms with Crippen LogP contribution in [0.5, 0.6) is 5.75 Å². The number of nitriles is 1. The molecule has 4 nitrogen and oxygen atoms in total. The summed E-state index contributed by atoms with van der Waals surface area (Å²) >= 11 is 0. The summed E-state index contributed by atoms with van der Waals surface area (Å²) in [6.45, 7) is 1.20. The fraction of sp³-hybridized carbons (Fsp3) is 0.250. The molecule has 1 saturated heterocycles. The molecule has 0 N–H and O–H groups in total. The van der Waals surface area contributed by atoms with Crippen molar-refractivity contribution in [3.05, 3.63) is 30.0 Å². The van der Waals surface area contributed by atoms with E-state index in [0.29, 0.717) is 17.9 Å². The quantitative estimate of drug-likeness (QED) is 0.735. The lowest BCUT2D eigenvalue weighted by Crippen LogP contribution is -2.04. The van der Waals surface area contributed by atoms with Gasteiger partial charge in [0.2, 0.25) is 5.76 Å². The van der Waals surface area contributed by atoms with Crippen LogP contribution in [0.15, 0.2) is 28.7 Å². The summed E-state index contributed by atoms with van der Waals surface area (Å²) in [5.74, 6) is 0.746. The molecule has 3 rings (SSSR count). The number of furan rings is 1. The summed E-state index contributed by atoms with van der Waals surface area (Å²) in [5, 5.41) is 9.78. The summed E-state index contributed by atoms with van der Waals surface area (Å²) in [6, 6.07) is 9.44. The van der Waals surface area contributed by atoms with Gasteiger partial charge in [-0.05, 0) is 12.1 Å². The Labute approximate surface area is 92.0 Å². The van der Waals surface area contributed by atoms with Crippen molar-refractivity contribution < 1.29 is 13.9 Å². The summed E-state index contributed by atoms with van der Waals surface area (Å²) in [4.78, 5) is 0. The number of benzene rings is 1. The predicted molar refractivity (Wildman–Crippen MR) is 56.2 cm³/mol. The lowest BCUT2D eigenvalue weighted by molar-refractivity contribution is 0.262. The van der Waals surface area contributed by atoms with E-state index < -0.39 is 0 Å². The average Bonchev–Trinajstić information content (AvgIpc) is 3.07. The molecule has 1 aromatic heterocycles. The van der Waals surface area contributed by atoms with Gasteiger partial charge in [-0.15, -0.1) is 0 Å². The summed E-state index contributed by atoms with van der Waals surface area (Å²) in [7, 11) is 0. The molecule has 4 heteroatoms. The van der Waals surface area contributed by atoms with Crippen LogP contribution in [0.2, 0.25) is 0 Å². The molecule has 1 aliphatic rings. The molecule has 16 heavy (non-hydrogen) atoms. The summed E-state index contributed by atoms with van der Waals surface area (Å²) < 4.78 is 16.0. The van der Waals surface area contributed by atoms with Crippen molar-refractivity contribution in [2.75, 3.05) is 13.2 Å². The maximum atomic E-state index is 8.95. The largest absolute Gasteiger partial charge is 0.485 e. The third-order valence-electron chi connectivity index (χ3n) is 2.47. The molecule has 1 unspecified atom stereocenters. The number of rotatable bonds is 3. The van der Waals surface area contributed by atoms with Crippen LogP contribution >= 0.6 is 0 Å². The first-order chi connectivity index (χ1) is 7.88. The molecule has 0 spiro atoms. The smallest absolute Gasteiger partial charge is 0.246 e. The van der Waals surface area contributed by atoms with Crippen molar-refractivity contribution in [1.82, 2.24) is 0 Å². The van der Waals surface area contributed by atoms with E-state index in [0.717, 1.165) is 12.0 Å². The third kappa shape index (κ3) is 1.51. The summed E-state index contributed by atoms with van der Waals surface area (Å²) in [6.07, 6.45) is 0.167. The third-order valence-corrected chi connectivity index (χ3v) is 2.47. The Morgan fingerprint density at radius 2 is 2.25 bits per heavy atom. The maximum Gasteiger partial charge on any atom is 0.246 e. The molecule has 80 valence electrons. The molecule has 1 atom stereocenters. The van der Waals surface area contributed by atoms with E-state index in [1.54, 1.807) is 0 Å². The zero-order valence-corrected chi connectivity index (χ0v) is 8.47. The fourth-order valence-electron chi connectivity index (χ4n) is 1.58. The van der Waals surface area contributed by atoms with Gasteiger partial charge in [-0.1, -0.05) is 12.1 Å². The number of nitrogens with zero attached hydrogens (tertiary/aromatic N) is 1. The van der Waals surface area contributed by atoms with Gasteiger partial charge in [0.05, 0.1) is 12.0 Å². The van der Waals surface area contributed by atoms with Crippen molar-refractivity contribution in [3.63, 3.8) is 0 Å². The SMILES string of the molecule is N#Cc1oc2ccccc2c1OCC1CO1. The second-order valence-electron chi connectivity index (χ2n) is 3.63. The van der Waals surface area contributed by atoms with Crippen molar-refractivity contribution >= 4 is 11.0 Å². The lowest BCUT2D eigenvalue weighted by atomic mass is 10.2. The topological polar surface area (TPSA) is 58.7 Å². The minimum Gasteiger partial charge on any atom is -0.485 e. The van der Waals surface area contributed by atoms with E-state index in [1.807, 2.05) is 30.3 Å². The van der Waals surface area contributed by atoms with Gasteiger partial charge in [0, 0.05) is 0 Å². The van der Waals surface area contributed by atoms with Gasteiger partial charge in [0.1, 0.15) is 24.4 Å². The highest BCUT2D eigenvalue weighted by molar-refractivity contribution is 5.86. The Hall–Kier alpha value is -1.99. The molecule has 0 saturated carbocycles. The monoisotopic (exact) mass is 215 g/mol. The predicted octanol–water partition coefficient (Wildman–Crippen LogP) is 2.08. The molecule has 0 amide bonds. The first kappa shape index (κ1) is 9.25. The minimum absolute atomic E-state index is 0.167. The van der Waals surface area contributed by atoms with Gasteiger partial charge in [-0.3, -0.25) is 0 Å². The second kappa shape index (κ2) is 3.54. The van der Waals surface area contributed by atoms with E-state index in [9.17, 15) is 0 Å². The molecule has 1 aromatic carbocycles. The first-order valence-corrected chi connectivity index (χ1v) is 5.04. The van der Waals surface area contributed by atoms with E-state index in [2.05, 4.69) is 0 Å². The van der Waals surface area contributed by atoms with Gasteiger partial charge in [0.25, 0.3) is 0 Å². The van der Waals surface area contributed by atoms with Crippen molar-refractivity contribution in [2.45, 2.75) is 6.10 Å². The number of epoxide rings is 1. The van der Waals surface area contributed by atoms with Gasteiger partial charge in [-0.25, -0.2) is 0 Å². The molecule has 1 aliphatic heterocycles. The Bertz CT molecular complexity index is 563. The van der Waals surface area contributed by atoms with Crippen LogP contribution in [0, 0.1) is 11.3 Å². The highest BCUT2D eigenvalue weighted by atomic mass is 16.6. The van der Waals surface area contributed by atoms with Gasteiger partial charge in [-0.2, -0.15) is 5.26 Å². The second-order valence-corrected chi connectivity index (χ2v) is 3.63. The van der Waals surface area contributed by atoms with Crippen LogP contribution in [-0.2, 0) is 4.74 Å². The summed E-state index contributed by atoms with van der Waals surface area (Å²) in [5.41, 5.74) is 0.672. The molecule has 2 aromatic rings. The zero-order valence-electron chi connectivity index (χ0n) is 8.47. The average molecular weight is 215 g/mol. The molecule has 2 heterocycles. The van der Waals surface area contributed by atoms with Crippen molar-refractivity contribution in [1.29, 1.82) is 5.26 Å². The number of hydrogen-bond donors (Lipinski definition) is 0. The van der Waals surface area contributed by atoms with Gasteiger partial charge < -0.3 is 13.9 Å². The van der Waals surface area contributed by atoms with Crippen LogP contribution in [0.3, 0.4) is 0 Å². The highest BCUT2D eigenvalue weighted by Crippen LogP contribution is 2.32. The Balaban J connectivity index is 2.01. The van der Waals surface area contributed by atoms with E-state index in [4.69, 9.17) is 19.2 Å². The molecular formula is C12H9NO3.